The van der Waals surface area contributed by atoms with Crippen molar-refractivity contribution in [2.24, 2.45) is 0 Å². The minimum absolute atomic E-state index is 0.214. The lowest BCUT2D eigenvalue weighted by atomic mass is 10.1. The number of alkyl halides is 8. The predicted molar refractivity (Wildman–Crippen MR) is 59.8 cm³/mol. The number of rotatable bonds is 4. The van der Waals surface area contributed by atoms with E-state index in [2.05, 4.69) is 21.0 Å². The lowest BCUT2D eigenvalue weighted by Crippen LogP contribution is -2.36. The third-order valence-corrected chi connectivity index (χ3v) is 3.36. The van der Waals surface area contributed by atoms with Gasteiger partial charge in [-0.15, -0.1) is 0 Å². The summed E-state index contributed by atoms with van der Waals surface area (Å²) in [7, 11) is 0. The first-order valence-corrected chi connectivity index (χ1v) is 6.41. The molecular formula is C10H9BrF8N2. The molecule has 0 aromatic carbocycles. The highest BCUT2D eigenvalue weighted by atomic mass is 79.9. The molecule has 122 valence electrons. The molecule has 0 bridgehead atoms. The summed E-state index contributed by atoms with van der Waals surface area (Å²) in [5.41, 5.74) is -4.45. The number of aromatic nitrogens is 2. The van der Waals surface area contributed by atoms with Gasteiger partial charge in [0.15, 0.2) is 5.69 Å². The zero-order chi connectivity index (χ0) is 16.6. The van der Waals surface area contributed by atoms with E-state index in [-0.39, 0.29) is 13.0 Å². The zero-order valence-corrected chi connectivity index (χ0v) is 12.0. The van der Waals surface area contributed by atoms with Crippen LogP contribution in [-0.2, 0) is 18.6 Å². The van der Waals surface area contributed by atoms with E-state index in [0.717, 1.165) is 0 Å². The Morgan fingerprint density at radius 1 is 1.05 bits per heavy atom. The van der Waals surface area contributed by atoms with E-state index in [1.807, 2.05) is 0 Å². The Morgan fingerprint density at radius 3 is 1.95 bits per heavy atom. The van der Waals surface area contributed by atoms with Gasteiger partial charge < -0.3 is 0 Å². The number of nitrogens with zero attached hydrogens (tertiary/aromatic N) is 2. The molecule has 1 heterocycles. The number of aryl methyl sites for hydroxylation is 1. The topological polar surface area (TPSA) is 17.8 Å². The third kappa shape index (κ3) is 3.49. The average Bonchev–Trinajstić information content (AvgIpc) is 2.62. The van der Waals surface area contributed by atoms with Crippen LogP contribution in [0.3, 0.4) is 0 Å². The van der Waals surface area contributed by atoms with E-state index in [1.165, 1.54) is 0 Å². The van der Waals surface area contributed by atoms with Gasteiger partial charge in [0.25, 0.3) is 0 Å². The molecular weight excluding hydrogens is 380 g/mol. The van der Waals surface area contributed by atoms with Crippen LogP contribution in [0.4, 0.5) is 35.1 Å². The Morgan fingerprint density at radius 2 is 1.57 bits per heavy atom. The minimum atomic E-state index is -6.17. The molecule has 0 saturated heterocycles. The Labute approximate surface area is 122 Å². The first-order valence-electron chi connectivity index (χ1n) is 5.62. The van der Waals surface area contributed by atoms with Gasteiger partial charge in [-0.25, -0.2) is 0 Å². The number of halogens is 9. The van der Waals surface area contributed by atoms with Crippen molar-refractivity contribution < 1.29 is 35.1 Å². The molecule has 2 nitrogen and oxygen atoms in total. The highest BCUT2D eigenvalue weighted by molar-refractivity contribution is 9.10. The molecule has 0 fully saturated rings. The van der Waals surface area contributed by atoms with Crippen molar-refractivity contribution in [1.82, 2.24) is 9.78 Å². The summed E-state index contributed by atoms with van der Waals surface area (Å²) in [5.74, 6) is -5.70. The van der Waals surface area contributed by atoms with Crippen LogP contribution in [0, 0.1) is 0 Å². The van der Waals surface area contributed by atoms with Crippen LogP contribution in [0.25, 0.3) is 0 Å². The van der Waals surface area contributed by atoms with Crippen molar-refractivity contribution in [2.75, 3.05) is 0 Å². The van der Waals surface area contributed by atoms with Gasteiger partial charge in [-0.3, -0.25) is 4.68 Å². The standard InChI is InChI=1S/C10H9BrF8N2/c1-2-3-4-21-7(11)5(9(14,15)16)6(20-21)8(12,13)10(17,18)19/h2-4H2,1H3. The molecule has 1 aromatic heterocycles. The van der Waals surface area contributed by atoms with Crippen LogP contribution >= 0.6 is 15.9 Å². The van der Waals surface area contributed by atoms with Gasteiger partial charge in [-0.05, 0) is 22.4 Å². The lowest BCUT2D eigenvalue weighted by molar-refractivity contribution is -0.292. The summed E-state index contributed by atoms with van der Waals surface area (Å²) in [4.78, 5) is 0. The monoisotopic (exact) mass is 388 g/mol. The summed E-state index contributed by atoms with van der Waals surface area (Å²) in [6.07, 6.45) is -10.8. The van der Waals surface area contributed by atoms with E-state index >= 15 is 0 Å². The van der Waals surface area contributed by atoms with Crippen molar-refractivity contribution in [2.45, 2.75) is 44.6 Å². The van der Waals surface area contributed by atoms with E-state index in [9.17, 15) is 35.1 Å². The lowest BCUT2D eigenvalue weighted by Gasteiger charge is -2.19. The third-order valence-electron chi connectivity index (χ3n) is 2.55. The maximum absolute atomic E-state index is 13.2. The van der Waals surface area contributed by atoms with Gasteiger partial charge in [-0.1, -0.05) is 13.3 Å². The van der Waals surface area contributed by atoms with E-state index < -0.39 is 34.1 Å². The SMILES string of the molecule is CCCCn1nc(C(F)(F)C(F)(F)F)c(C(F)(F)F)c1Br. The molecule has 0 saturated carbocycles. The van der Waals surface area contributed by atoms with Crippen molar-refractivity contribution in [3.63, 3.8) is 0 Å². The van der Waals surface area contributed by atoms with Gasteiger partial charge >= 0.3 is 18.3 Å². The quantitative estimate of drug-likeness (QED) is 0.654. The summed E-state index contributed by atoms with van der Waals surface area (Å²) >= 11 is 2.41. The highest BCUT2D eigenvalue weighted by Crippen LogP contribution is 2.49. The summed E-state index contributed by atoms with van der Waals surface area (Å²) in [6, 6.07) is 0. The number of unbranched alkanes of at least 4 members (excludes halogenated alkanes) is 1. The molecule has 0 spiro atoms. The molecule has 0 aliphatic carbocycles. The fraction of sp³-hybridized carbons (Fsp3) is 0.700. The van der Waals surface area contributed by atoms with E-state index in [4.69, 9.17) is 0 Å². The molecule has 21 heavy (non-hydrogen) atoms. The van der Waals surface area contributed by atoms with Crippen LogP contribution in [-0.4, -0.2) is 16.0 Å². The first kappa shape index (κ1) is 18.2. The van der Waals surface area contributed by atoms with Crippen molar-refractivity contribution in [1.29, 1.82) is 0 Å². The first-order chi connectivity index (χ1) is 9.34. The fourth-order valence-corrected chi connectivity index (χ4v) is 2.17. The number of hydrogen-bond donors (Lipinski definition) is 0. The van der Waals surface area contributed by atoms with Crippen LogP contribution in [0.5, 0.6) is 0 Å². The Balaban J connectivity index is 3.51. The molecule has 0 unspecified atom stereocenters. The van der Waals surface area contributed by atoms with Crippen molar-refractivity contribution >= 4 is 15.9 Å². The van der Waals surface area contributed by atoms with Gasteiger partial charge in [-0.2, -0.15) is 40.2 Å². The maximum atomic E-state index is 13.2. The average molecular weight is 389 g/mol. The number of hydrogen-bond acceptors (Lipinski definition) is 1. The molecule has 0 radical (unpaired) electrons. The van der Waals surface area contributed by atoms with Crippen LogP contribution in [0.15, 0.2) is 4.60 Å². The molecule has 0 aliphatic rings. The minimum Gasteiger partial charge on any atom is -0.257 e. The zero-order valence-electron chi connectivity index (χ0n) is 10.4. The van der Waals surface area contributed by atoms with Gasteiger partial charge in [0.1, 0.15) is 10.2 Å². The highest BCUT2D eigenvalue weighted by Gasteiger charge is 2.64. The fourth-order valence-electron chi connectivity index (χ4n) is 1.50. The van der Waals surface area contributed by atoms with Gasteiger partial charge in [0.05, 0.1) is 0 Å². The smallest absolute Gasteiger partial charge is 0.257 e. The second-order valence-corrected chi connectivity index (χ2v) is 4.91. The van der Waals surface area contributed by atoms with Crippen LogP contribution in [0.1, 0.15) is 31.0 Å². The van der Waals surface area contributed by atoms with Crippen molar-refractivity contribution in [3.05, 3.63) is 15.9 Å². The van der Waals surface area contributed by atoms with Crippen molar-refractivity contribution in [3.8, 4) is 0 Å². The molecule has 11 heteroatoms. The molecule has 0 atom stereocenters. The van der Waals surface area contributed by atoms with Gasteiger partial charge in [0.2, 0.25) is 0 Å². The summed E-state index contributed by atoms with van der Waals surface area (Å²) in [5, 5.41) is 2.83. The summed E-state index contributed by atoms with van der Waals surface area (Å²) < 4.78 is 101. The van der Waals surface area contributed by atoms with Crippen LogP contribution < -0.4 is 0 Å². The molecule has 1 aromatic rings. The maximum Gasteiger partial charge on any atom is 0.459 e. The second-order valence-electron chi connectivity index (χ2n) is 4.16. The normalized spacial score (nSPS) is 13.8. The Kier molecular flexibility index (Phi) is 4.96. The molecule has 0 amide bonds. The molecule has 1 rings (SSSR count). The predicted octanol–water partition coefficient (Wildman–Crippen LogP) is 5.12. The Hall–Kier alpha value is -0.870. The molecule has 0 N–H and O–H groups in total. The van der Waals surface area contributed by atoms with Crippen LogP contribution in [0.2, 0.25) is 0 Å². The summed E-state index contributed by atoms with van der Waals surface area (Å²) in [6.45, 7) is 1.46. The largest absolute Gasteiger partial charge is 0.459 e. The second kappa shape index (κ2) is 5.73. The van der Waals surface area contributed by atoms with Gasteiger partial charge in [0, 0.05) is 6.54 Å². The molecule has 0 aliphatic heterocycles. The Bertz CT molecular complexity index is 502. The van der Waals surface area contributed by atoms with E-state index in [1.54, 1.807) is 6.92 Å². The van der Waals surface area contributed by atoms with E-state index in [0.29, 0.717) is 11.1 Å².